The SMILES string of the molecule is Cc1ccc(CNS(=O)(=O)c2ccc(F)c(C)c2)cc1. The Labute approximate surface area is 118 Å². The standard InChI is InChI=1S/C15H16FNO2S/c1-11-3-5-13(6-4-11)10-17-20(18,19)14-7-8-15(16)12(2)9-14/h3-9,17H,10H2,1-2H3. The summed E-state index contributed by atoms with van der Waals surface area (Å²) in [6.07, 6.45) is 0. The Morgan fingerprint density at radius 1 is 1.05 bits per heavy atom. The Balaban J connectivity index is 2.14. The topological polar surface area (TPSA) is 46.2 Å². The Morgan fingerprint density at radius 2 is 1.70 bits per heavy atom. The van der Waals surface area contributed by atoms with Crippen LogP contribution in [-0.4, -0.2) is 8.42 Å². The van der Waals surface area contributed by atoms with Gasteiger partial charge >= 0.3 is 0 Å². The van der Waals surface area contributed by atoms with E-state index in [0.29, 0.717) is 5.56 Å². The van der Waals surface area contributed by atoms with Gasteiger partial charge < -0.3 is 0 Å². The van der Waals surface area contributed by atoms with Crippen LogP contribution in [0.2, 0.25) is 0 Å². The molecule has 0 bridgehead atoms. The Bertz CT molecular complexity index is 709. The van der Waals surface area contributed by atoms with Crippen molar-refractivity contribution in [2.75, 3.05) is 0 Å². The minimum absolute atomic E-state index is 0.0727. The molecular formula is C15H16FNO2S. The van der Waals surface area contributed by atoms with E-state index in [1.807, 2.05) is 31.2 Å². The predicted molar refractivity (Wildman–Crippen MR) is 76.3 cm³/mol. The molecule has 0 radical (unpaired) electrons. The van der Waals surface area contributed by atoms with E-state index < -0.39 is 15.8 Å². The zero-order valence-corrected chi connectivity index (χ0v) is 12.2. The zero-order chi connectivity index (χ0) is 14.8. The molecule has 2 aromatic carbocycles. The summed E-state index contributed by atoms with van der Waals surface area (Å²) in [6.45, 7) is 3.71. The summed E-state index contributed by atoms with van der Waals surface area (Å²) in [4.78, 5) is 0.0727. The Kier molecular flexibility index (Phi) is 4.20. The van der Waals surface area contributed by atoms with Gasteiger partial charge in [-0.3, -0.25) is 0 Å². The van der Waals surface area contributed by atoms with Crippen LogP contribution in [0.3, 0.4) is 0 Å². The van der Waals surface area contributed by atoms with Gasteiger partial charge in [0.15, 0.2) is 0 Å². The number of hydrogen-bond acceptors (Lipinski definition) is 2. The highest BCUT2D eigenvalue weighted by Crippen LogP contribution is 2.14. The lowest BCUT2D eigenvalue weighted by Crippen LogP contribution is -2.23. The van der Waals surface area contributed by atoms with Crippen LogP contribution < -0.4 is 4.72 Å². The molecule has 0 saturated heterocycles. The van der Waals surface area contributed by atoms with Gasteiger partial charge in [0.1, 0.15) is 5.82 Å². The van der Waals surface area contributed by atoms with E-state index in [1.54, 1.807) is 0 Å². The van der Waals surface area contributed by atoms with Gasteiger partial charge in [-0.15, -0.1) is 0 Å². The molecule has 2 aromatic rings. The molecule has 0 aliphatic heterocycles. The van der Waals surface area contributed by atoms with E-state index in [1.165, 1.54) is 19.1 Å². The molecule has 0 atom stereocenters. The quantitative estimate of drug-likeness (QED) is 0.942. The van der Waals surface area contributed by atoms with E-state index in [-0.39, 0.29) is 11.4 Å². The summed E-state index contributed by atoms with van der Waals surface area (Å²) in [5.74, 6) is -0.414. The number of rotatable bonds is 4. The number of nitrogens with one attached hydrogen (secondary N) is 1. The molecule has 0 heterocycles. The molecule has 0 aromatic heterocycles. The number of benzene rings is 2. The molecule has 1 N–H and O–H groups in total. The molecular weight excluding hydrogens is 277 g/mol. The average molecular weight is 293 g/mol. The maximum Gasteiger partial charge on any atom is 0.240 e. The van der Waals surface area contributed by atoms with E-state index in [9.17, 15) is 12.8 Å². The van der Waals surface area contributed by atoms with Crippen LogP contribution in [0.1, 0.15) is 16.7 Å². The number of halogens is 1. The third-order valence-electron chi connectivity index (χ3n) is 3.03. The fraction of sp³-hybridized carbons (Fsp3) is 0.200. The fourth-order valence-corrected chi connectivity index (χ4v) is 2.85. The molecule has 0 spiro atoms. The highest BCUT2D eigenvalue weighted by atomic mass is 32.2. The van der Waals surface area contributed by atoms with Crippen molar-refractivity contribution in [1.82, 2.24) is 4.72 Å². The first kappa shape index (κ1) is 14.7. The van der Waals surface area contributed by atoms with Gasteiger partial charge in [0.2, 0.25) is 10.0 Å². The zero-order valence-electron chi connectivity index (χ0n) is 11.4. The average Bonchev–Trinajstić information content (AvgIpc) is 2.41. The summed E-state index contributed by atoms with van der Waals surface area (Å²) in [7, 11) is -3.62. The predicted octanol–water partition coefficient (Wildman–Crippen LogP) is 2.92. The van der Waals surface area contributed by atoms with E-state index in [0.717, 1.165) is 17.2 Å². The number of aryl methyl sites for hydroxylation is 2. The molecule has 0 unspecified atom stereocenters. The summed E-state index contributed by atoms with van der Waals surface area (Å²) in [5, 5.41) is 0. The van der Waals surface area contributed by atoms with Gasteiger partial charge in [-0.25, -0.2) is 17.5 Å². The highest BCUT2D eigenvalue weighted by molar-refractivity contribution is 7.89. The lowest BCUT2D eigenvalue weighted by atomic mass is 10.2. The summed E-state index contributed by atoms with van der Waals surface area (Å²) < 4.78 is 39.9. The van der Waals surface area contributed by atoms with Crippen molar-refractivity contribution in [2.45, 2.75) is 25.3 Å². The third kappa shape index (κ3) is 3.43. The second-order valence-corrected chi connectivity index (χ2v) is 6.49. The minimum Gasteiger partial charge on any atom is -0.207 e. The maximum atomic E-state index is 13.2. The van der Waals surface area contributed by atoms with Gasteiger partial charge in [0, 0.05) is 6.54 Å². The van der Waals surface area contributed by atoms with Crippen molar-refractivity contribution in [3.8, 4) is 0 Å². The lowest BCUT2D eigenvalue weighted by molar-refractivity contribution is 0.579. The summed E-state index contributed by atoms with van der Waals surface area (Å²) >= 11 is 0. The van der Waals surface area contributed by atoms with Crippen LogP contribution in [-0.2, 0) is 16.6 Å². The van der Waals surface area contributed by atoms with Gasteiger partial charge in [-0.05, 0) is 43.2 Å². The lowest BCUT2D eigenvalue weighted by Gasteiger charge is -2.08. The first-order valence-electron chi connectivity index (χ1n) is 6.20. The molecule has 0 saturated carbocycles. The summed E-state index contributed by atoms with van der Waals surface area (Å²) in [5.41, 5.74) is 2.30. The van der Waals surface area contributed by atoms with Crippen LogP contribution >= 0.6 is 0 Å². The van der Waals surface area contributed by atoms with Crippen LogP contribution in [0, 0.1) is 19.7 Å². The molecule has 0 fully saturated rings. The van der Waals surface area contributed by atoms with Gasteiger partial charge in [-0.2, -0.15) is 0 Å². The van der Waals surface area contributed by atoms with Crippen molar-refractivity contribution in [3.05, 3.63) is 65.0 Å². The van der Waals surface area contributed by atoms with Crippen molar-refractivity contribution in [1.29, 1.82) is 0 Å². The highest BCUT2D eigenvalue weighted by Gasteiger charge is 2.14. The second kappa shape index (κ2) is 5.73. The second-order valence-electron chi connectivity index (χ2n) is 4.72. The first-order valence-corrected chi connectivity index (χ1v) is 7.68. The monoisotopic (exact) mass is 293 g/mol. The van der Waals surface area contributed by atoms with Gasteiger partial charge in [0.05, 0.1) is 4.90 Å². The van der Waals surface area contributed by atoms with E-state index in [2.05, 4.69) is 4.72 Å². The molecule has 20 heavy (non-hydrogen) atoms. The molecule has 3 nitrogen and oxygen atoms in total. The Morgan fingerprint density at radius 3 is 2.30 bits per heavy atom. The van der Waals surface area contributed by atoms with Gasteiger partial charge in [0.25, 0.3) is 0 Å². The van der Waals surface area contributed by atoms with E-state index >= 15 is 0 Å². The Hall–Kier alpha value is -1.72. The molecule has 0 aliphatic carbocycles. The maximum absolute atomic E-state index is 13.2. The van der Waals surface area contributed by atoms with Gasteiger partial charge in [-0.1, -0.05) is 29.8 Å². The molecule has 5 heteroatoms. The van der Waals surface area contributed by atoms with Crippen LogP contribution in [0.25, 0.3) is 0 Å². The summed E-state index contributed by atoms with van der Waals surface area (Å²) in [6, 6.07) is 11.3. The fourth-order valence-electron chi connectivity index (χ4n) is 1.75. The van der Waals surface area contributed by atoms with Crippen molar-refractivity contribution < 1.29 is 12.8 Å². The number of hydrogen-bond donors (Lipinski definition) is 1. The molecule has 2 rings (SSSR count). The van der Waals surface area contributed by atoms with E-state index in [4.69, 9.17) is 0 Å². The number of sulfonamides is 1. The third-order valence-corrected chi connectivity index (χ3v) is 4.43. The van der Waals surface area contributed by atoms with Crippen LogP contribution in [0.5, 0.6) is 0 Å². The van der Waals surface area contributed by atoms with Crippen molar-refractivity contribution in [3.63, 3.8) is 0 Å². The molecule has 0 amide bonds. The first-order chi connectivity index (χ1) is 9.38. The molecule has 0 aliphatic rings. The molecule has 106 valence electrons. The van der Waals surface area contributed by atoms with Crippen molar-refractivity contribution >= 4 is 10.0 Å². The van der Waals surface area contributed by atoms with Crippen LogP contribution in [0.15, 0.2) is 47.4 Å². The minimum atomic E-state index is -3.62. The normalized spacial score (nSPS) is 11.6. The van der Waals surface area contributed by atoms with Crippen molar-refractivity contribution in [2.24, 2.45) is 0 Å². The smallest absolute Gasteiger partial charge is 0.207 e. The largest absolute Gasteiger partial charge is 0.240 e. The van der Waals surface area contributed by atoms with Crippen LogP contribution in [0.4, 0.5) is 4.39 Å².